The van der Waals surface area contributed by atoms with Crippen LogP contribution in [0, 0.1) is 0 Å². The van der Waals surface area contributed by atoms with E-state index in [2.05, 4.69) is 5.32 Å². The zero-order valence-corrected chi connectivity index (χ0v) is 11.7. The molecule has 0 radical (unpaired) electrons. The quantitative estimate of drug-likeness (QED) is 0.778. The first-order valence-corrected chi connectivity index (χ1v) is 7.08. The molecule has 2 aliphatic rings. The van der Waals surface area contributed by atoms with Crippen molar-refractivity contribution in [3.8, 4) is 0 Å². The average molecular weight is 294 g/mol. The normalized spacial score (nSPS) is 29.9. The Balaban J connectivity index is 1.94. The molecule has 106 valence electrons. The van der Waals surface area contributed by atoms with E-state index in [0.29, 0.717) is 23.6 Å². The number of carbonyl (C=O) groups is 2. The van der Waals surface area contributed by atoms with E-state index in [4.69, 9.17) is 17.3 Å². The van der Waals surface area contributed by atoms with Crippen molar-refractivity contribution in [2.45, 2.75) is 37.3 Å². The number of halogens is 1. The van der Waals surface area contributed by atoms with Gasteiger partial charge in [0.15, 0.2) is 0 Å². The van der Waals surface area contributed by atoms with Crippen molar-refractivity contribution in [2.75, 3.05) is 4.90 Å². The van der Waals surface area contributed by atoms with Gasteiger partial charge >= 0.3 is 6.03 Å². The fourth-order valence-corrected chi connectivity index (χ4v) is 3.16. The number of hydrogen-bond donors (Lipinski definition) is 2. The Labute approximate surface area is 122 Å². The summed E-state index contributed by atoms with van der Waals surface area (Å²) in [6.45, 7) is 0. The molecular weight excluding hydrogens is 278 g/mol. The standard InChI is InChI=1S/C14H16ClN3O2/c15-10-3-1-2-4-11(10)18-12(19)14(17-13(18)20)7-5-9(16)6-8-14/h1-4,9H,5-8,16H2,(H,17,20)/t9-,14-. The molecule has 0 bridgehead atoms. The molecule has 1 saturated carbocycles. The molecule has 6 heteroatoms. The largest absolute Gasteiger partial charge is 0.329 e. The minimum Gasteiger partial charge on any atom is -0.328 e. The molecular formula is C14H16ClN3O2. The highest BCUT2D eigenvalue weighted by molar-refractivity contribution is 6.36. The summed E-state index contributed by atoms with van der Waals surface area (Å²) < 4.78 is 0. The third kappa shape index (κ3) is 1.98. The zero-order chi connectivity index (χ0) is 14.3. The summed E-state index contributed by atoms with van der Waals surface area (Å²) in [5.74, 6) is -0.220. The Morgan fingerprint density at radius 2 is 1.90 bits per heavy atom. The van der Waals surface area contributed by atoms with Crippen molar-refractivity contribution in [1.82, 2.24) is 5.32 Å². The first-order valence-electron chi connectivity index (χ1n) is 6.70. The molecule has 1 saturated heterocycles. The predicted octanol–water partition coefficient (Wildman–Crippen LogP) is 2.04. The van der Waals surface area contributed by atoms with Crippen LogP contribution in [0.3, 0.4) is 0 Å². The lowest BCUT2D eigenvalue weighted by Gasteiger charge is -2.33. The number of imide groups is 1. The van der Waals surface area contributed by atoms with Crippen LogP contribution in [-0.2, 0) is 4.79 Å². The van der Waals surface area contributed by atoms with Crippen molar-refractivity contribution < 1.29 is 9.59 Å². The Morgan fingerprint density at radius 1 is 1.25 bits per heavy atom. The highest BCUT2D eigenvalue weighted by Crippen LogP contribution is 2.37. The van der Waals surface area contributed by atoms with Gasteiger partial charge in [-0.3, -0.25) is 4.79 Å². The topological polar surface area (TPSA) is 75.4 Å². The number of rotatable bonds is 1. The molecule has 5 nitrogen and oxygen atoms in total. The van der Waals surface area contributed by atoms with Gasteiger partial charge in [0.25, 0.3) is 5.91 Å². The molecule has 3 N–H and O–H groups in total. The van der Waals surface area contributed by atoms with Gasteiger partial charge in [-0.15, -0.1) is 0 Å². The summed E-state index contributed by atoms with van der Waals surface area (Å²) in [5.41, 5.74) is 5.51. The predicted molar refractivity (Wildman–Crippen MR) is 76.6 cm³/mol. The van der Waals surface area contributed by atoms with Crippen LogP contribution >= 0.6 is 11.6 Å². The number of carbonyl (C=O) groups excluding carboxylic acids is 2. The van der Waals surface area contributed by atoms with E-state index in [-0.39, 0.29) is 11.9 Å². The van der Waals surface area contributed by atoms with Crippen LogP contribution in [0.4, 0.5) is 10.5 Å². The second-order valence-corrected chi connectivity index (χ2v) is 5.85. The van der Waals surface area contributed by atoms with Crippen molar-refractivity contribution >= 4 is 29.2 Å². The molecule has 0 aromatic heterocycles. The van der Waals surface area contributed by atoms with E-state index in [1.807, 2.05) is 0 Å². The Morgan fingerprint density at radius 3 is 2.55 bits per heavy atom. The van der Waals surface area contributed by atoms with Crippen molar-refractivity contribution in [3.05, 3.63) is 29.3 Å². The van der Waals surface area contributed by atoms with E-state index in [0.717, 1.165) is 17.7 Å². The summed E-state index contributed by atoms with van der Waals surface area (Å²) in [4.78, 5) is 26.0. The molecule has 1 aliphatic heterocycles. The number of nitrogens with one attached hydrogen (secondary N) is 1. The van der Waals surface area contributed by atoms with Crippen molar-refractivity contribution in [3.63, 3.8) is 0 Å². The number of hydrogen-bond acceptors (Lipinski definition) is 3. The Kier molecular flexibility index (Phi) is 3.18. The molecule has 0 unspecified atom stereocenters. The van der Waals surface area contributed by atoms with Crippen LogP contribution in [-0.4, -0.2) is 23.5 Å². The van der Waals surface area contributed by atoms with E-state index < -0.39 is 11.6 Å². The summed E-state index contributed by atoms with van der Waals surface area (Å²) in [7, 11) is 0. The van der Waals surface area contributed by atoms with Crippen molar-refractivity contribution in [2.24, 2.45) is 5.73 Å². The molecule has 20 heavy (non-hydrogen) atoms. The van der Waals surface area contributed by atoms with Gasteiger partial charge in [0.1, 0.15) is 5.54 Å². The third-order valence-corrected chi connectivity index (χ3v) is 4.46. The molecule has 1 aromatic rings. The maximum absolute atomic E-state index is 12.7. The number of anilines is 1. The fraction of sp³-hybridized carbons (Fsp3) is 0.429. The molecule has 1 spiro atoms. The fourth-order valence-electron chi connectivity index (χ4n) is 2.94. The number of para-hydroxylation sites is 1. The third-order valence-electron chi connectivity index (χ3n) is 4.14. The Bertz CT molecular complexity index is 567. The van der Waals surface area contributed by atoms with Crippen molar-refractivity contribution in [1.29, 1.82) is 0 Å². The number of amides is 3. The maximum atomic E-state index is 12.7. The zero-order valence-electron chi connectivity index (χ0n) is 10.9. The van der Waals surface area contributed by atoms with Crippen LogP contribution in [0.2, 0.25) is 5.02 Å². The summed E-state index contributed by atoms with van der Waals surface area (Å²) in [5, 5.41) is 3.23. The highest BCUT2D eigenvalue weighted by Gasteiger charge is 2.52. The molecule has 1 aromatic carbocycles. The molecule has 3 amide bonds. The van der Waals surface area contributed by atoms with Crippen LogP contribution in [0.25, 0.3) is 0 Å². The first kappa shape index (κ1) is 13.4. The second-order valence-electron chi connectivity index (χ2n) is 5.44. The molecule has 3 rings (SSSR count). The number of urea groups is 1. The SMILES string of the molecule is N[C@H]1CC[C@@]2(CC1)NC(=O)N(c1ccccc1Cl)C2=O. The summed E-state index contributed by atoms with van der Waals surface area (Å²) in [6.07, 6.45) is 2.64. The van der Waals surface area contributed by atoms with Gasteiger partial charge in [0, 0.05) is 6.04 Å². The lowest BCUT2D eigenvalue weighted by Crippen LogP contribution is -2.51. The highest BCUT2D eigenvalue weighted by atomic mass is 35.5. The van der Waals surface area contributed by atoms with E-state index in [1.54, 1.807) is 24.3 Å². The van der Waals surface area contributed by atoms with Crippen LogP contribution in [0.1, 0.15) is 25.7 Å². The summed E-state index contributed by atoms with van der Waals surface area (Å²) in [6, 6.07) is 6.56. The van der Waals surface area contributed by atoms with Crippen LogP contribution in [0.5, 0.6) is 0 Å². The second kappa shape index (κ2) is 4.75. The number of benzene rings is 1. The van der Waals surface area contributed by atoms with Crippen LogP contribution in [0.15, 0.2) is 24.3 Å². The molecule has 2 fully saturated rings. The number of nitrogens with zero attached hydrogens (tertiary/aromatic N) is 1. The van der Waals surface area contributed by atoms with Gasteiger partial charge in [0.05, 0.1) is 10.7 Å². The average Bonchev–Trinajstić information content (AvgIpc) is 2.66. The smallest absolute Gasteiger partial charge is 0.328 e. The minimum atomic E-state index is -0.799. The maximum Gasteiger partial charge on any atom is 0.329 e. The van der Waals surface area contributed by atoms with E-state index in [9.17, 15) is 9.59 Å². The van der Waals surface area contributed by atoms with Gasteiger partial charge in [-0.2, -0.15) is 0 Å². The van der Waals surface area contributed by atoms with Gasteiger partial charge in [-0.1, -0.05) is 23.7 Å². The summed E-state index contributed by atoms with van der Waals surface area (Å²) >= 11 is 6.09. The minimum absolute atomic E-state index is 0.111. The van der Waals surface area contributed by atoms with E-state index in [1.165, 1.54) is 0 Å². The van der Waals surface area contributed by atoms with Crippen LogP contribution < -0.4 is 16.0 Å². The van der Waals surface area contributed by atoms with Gasteiger partial charge in [-0.25, -0.2) is 9.69 Å². The molecule has 1 heterocycles. The van der Waals surface area contributed by atoms with Gasteiger partial charge in [0.2, 0.25) is 0 Å². The first-order chi connectivity index (χ1) is 9.53. The lowest BCUT2D eigenvalue weighted by atomic mass is 9.79. The van der Waals surface area contributed by atoms with E-state index >= 15 is 0 Å². The Hall–Kier alpha value is -1.59. The molecule has 0 atom stereocenters. The number of nitrogens with two attached hydrogens (primary N) is 1. The monoisotopic (exact) mass is 293 g/mol. The molecule has 1 aliphatic carbocycles. The lowest BCUT2D eigenvalue weighted by molar-refractivity contribution is -0.123. The van der Waals surface area contributed by atoms with Gasteiger partial charge in [-0.05, 0) is 37.8 Å². The van der Waals surface area contributed by atoms with Gasteiger partial charge < -0.3 is 11.1 Å².